The minimum absolute atomic E-state index is 0.0356. The van der Waals surface area contributed by atoms with Crippen molar-refractivity contribution >= 4 is 34.8 Å². The number of hydrogen-bond donors (Lipinski definition) is 3. The molecule has 12 nitrogen and oxygen atoms in total. The summed E-state index contributed by atoms with van der Waals surface area (Å²) in [7, 11) is 9.97. The van der Waals surface area contributed by atoms with Gasteiger partial charge in [0, 0.05) is 49.0 Å². The zero-order valence-electron chi connectivity index (χ0n) is 34.2. The molecule has 0 radical (unpaired) electrons. The first kappa shape index (κ1) is 40.7. The second kappa shape index (κ2) is 17.2. The number of carbonyl (C=O) groups is 3. The van der Waals surface area contributed by atoms with Crippen LogP contribution in [0.1, 0.15) is 16.7 Å². The molecule has 60 heavy (non-hydrogen) atoms. The smallest absolute Gasteiger partial charge is 0.231 e. The molecule has 0 aliphatic carbocycles. The van der Waals surface area contributed by atoms with Crippen molar-refractivity contribution in [3.05, 3.63) is 126 Å². The number of phenolic OH excluding ortho intramolecular Hbond substituents is 2. The van der Waals surface area contributed by atoms with Gasteiger partial charge in [0.1, 0.15) is 34.5 Å². The van der Waals surface area contributed by atoms with E-state index in [1.54, 1.807) is 83.8 Å². The van der Waals surface area contributed by atoms with Gasteiger partial charge in [0.15, 0.2) is 0 Å². The number of methoxy groups -OCH3 is 4. The van der Waals surface area contributed by atoms with E-state index in [0.717, 1.165) is 84.4 Å². The van der Waals surface area contributed by atoms with Crippen molar-refractivity contribution in [1.29, 1.82) is 0 Å². The lowest BCUT2D eigenvalue weighted by molar-refractivity contribution is -0.118. The Morgan fingerprint density at radius 1 is 0.450 bits per heavy atom. The number of fused-ring (bicyclic) bond motifs is 9. The Balaban J connectivity index is 0.000000136. The fraction of sp³-hybridized carbons (Fsp3) is 0.188. The highest BCUT2D eigenvalue weighted by molar-refractivity contribution is 6.04. The van der Waals surface area contributed by atoms with E-state index in [-0.39, 0.29) is 35.6 Å². The third-order valence-corrected chi connectivity index (χ3v) is 10.8. The van der Waals surface area contributed by atoms with Gasteiger partial charge in [-0.05, 0) is 106 Å². The van der Waals surface area contributed by atoms with E-state index in [9.17, 15) is 24.6 Å². The summed E-state index contributed by atoms with van der Waals surface area (Å²) in [6, 6.07) is 33.1. The number of nitrogens with one attached hydrogen (secondary N) is 1. The van der Waals surface area contributed by atoms with Crippen LogP contribution in [0.3, 0.4) is 0 Å². The van der Waals surface area contributed by atoms with Crippen molar-refractivity contribution in [2.75, 3.05) is 57.7 Å². The fourth-order valence-corrected chi connectivity index (χ4v) is 7.56. The van der Waals surface area contributed by atoms with Crippen LogP contribution in [-0.4, -0.2) is 70.5 Å². The van der Waals surface area contributed by atoms with Crippen molar-refractivity contribution < 1.29 is 43.5 Å². The molecule has 0 aromatic heterocycles. The number of ether oxygens (including phenoxy) is 4. The summed E-state index contributed by atoms with van der Waals surface area (Å²) in [4.78, 5) is 39.7. The number of benzene rings is 6. The molecule has 306 valence electrons. The summed E-state index contributed by atoms with van der Waals surface area (Å²) >= 11 is 0. The zero-order valence-corrected chi connectivity index (χ0v) is 34.2. The Bertz CT molecular complexity index is 2580. The molecule has 3 N–H and O–H groups in total. The summed E-state index contributed by atoms with van der Waals surface area (Å²) in [6.07, 6.45) is 0.930. The third-order valence-electron chi connectivity index (χ3n) is 10.8. The van der Waals surface area contributed by atoms with Gasteiger partial charge in [-0.25, -0.2) is 0 Å². The first-order valence-electron chi connectivity index (χ1n) is 19.1. The van der Waals surface area contributed by atoms with Gasteiger partial charge in [-0.2, -0.15) is 0 Å². The maximum Gasteiger partial charge on any atom is 0.231 e. The molecular formula is C48H45N3O9. The minimum atomic E-state index is -0.0730. The van der Waals surface area contributed by atoms with Gasteiger partial charge in [0.05, 0.1) is 64.8 Å². The van der Waals surface area contributed by atoms with Crippen LogP contribution in [0.4, 0.5) is 17.1 Å². The number of anilines is 3. The molecule has 0 saturated carbocycles. The monoisotopic (exact) mass is 807 g/mol. The molecule has 3 amide bonds. The quantitative estimate of drug-likeness (QED) is 0.161. The number of hydrogen-bond acceptors (Lipinski definition) is 9. The molecule has 6 aromatic rings. The summed E-state index contributed by atoms with van der Waals surface area (Å²) in [5, 5.41) is 22.1. The van der Waals surface area contributed by atoms with Crippen LogP contribution in [0.25, 0.3) is 33.4 Å². The average Bonchev–Trinajstić information content (AvgIpc) is 3.51. The molecule has 0 unspecified atom stereocenters. The lowest BCUT2D eigenvalue weighted by Gasteiger charge is -2.18. The van der Waals surface area contributed by atoms with Crippen LogP contribution in [0.15, 0.2) is 109 Å². The van der Waals surface area contributed by atoms with Gasteiger partial charge in [-0.15, -0.1) is 0 Å². The second-order valence-corrected chi connectivity index (χ2v) is 14.4. The van der Waals surface area contributed by atoms with Gasteiger partial charge >= 0.3 is 0 Å². The number of nitrogens with zero attached hydrogens (tertiary/aromatic N) is 2. The minimum Gasteiger partial charge on any atom is -0.508 e. The molecule has 3 heterocycles. The summed E-state index contributed by atoms with van der Waals surface area (Å²) < 4.78 is 21.0. The first-order chi connectivity index (χ1) is 28.9. The molecule has 3 aliphatic rings. The lowest BCUT2D eigenvalue weighted by Crippen LogP contribution is -2.26. The molecule has 12 heteroatoms. The summed E-state index contributed by atoms with van der Waals surface area (Å²) in [5.41, 5.74) is 11.0. The van der Waals surface area contributed by atoms with E-state index < -0.39 is 0 Å². The van der Waals surface area contributed by atoms with Crippen molar-refractivity contribution in [3.8, 4) is 67.9 Å². The fourth-order valence-electron chi connectivity index (χ4n) is 7.56. The Hall–Kier alpha value is -7.47. The Morgan fingerprint density at radius 2 is 0.833 bits per heavy atom. The van der Waals surface area contributed by atoms with Gasteiger partial charge in [-0.3, -0.25) is 14.4 Å². The summed E-state index contributed by atoms with van der Waals surface area (Å²) in [5.74, 6) is 3.21. The number of aromatic hydroxyl groups is 2. The number of carbonyl (C=O) groups excluding carboxylic acids is 3. The van der Waals surface area contributed by atoms with Gasteiger partial charge in [0.2, 0.25) is 17.7 Å². The predicted octanol–water partition coefficient (Wildman–Crippen LogP) is 8.04. The van der Waals surface area contributed by atoms with Gasteiger partial charge < -0.3 is 44.3 Å². The van der Waals surface area contributed by atoms with E-state index in [0.29, 0.717) is 18.5 Å². The number of amides is 3. The van der Waals surface area contributed by atoms with E-state index >= 15 is 0 Å². The van der Waals surface area contributed by atoms with Crippen molar-refractivity contribution in [2.24, 2.45) is 0 Å². The van der Waals surface area contributed by atoms with Gasteiger partial charge in [0.25, 0.3) is 0 Å². The Morgan fingerprint density at radius 3 is 1.38 bits per heavy atom. The molecule has 0 spiro atoms. The first-order valence-corrected chi connectivity index (χ1v) is 19.1. The standard InChI is InChI=1S/C17H17NO3.C16H15NO3.C15H13NO3/c1-18-16-10-13(21-3)5-7-15(16)14-6-4-12(20-2)8-11(14)9-17(18)19;1-19-11-3-5-13-10(7-11)8-16(18)17-15-9-12(20-2)4-6-14(13)15;1-16-14-8-11(18)3-5-13(14)12-4-2-10(17)6-9(12)7-15(16)19/h4-8,10H,9H2,1-3H3;3-7,9H,8H2,1-2H3,(H,17,18);2-6,8,17-18H,7H2,1H3. The molecular weight excluding hydrogens is 763 g/mol. The van der Waals surface area contributed by atoms with Crippen LogP contribution >= 0.6 is 0 Å². The number of phenols is 2. The lowest BCUT2D eigenvalue weighted by atomic mass is 9.97. The zero-order chi connectivity index (χ0) is 42.7. The van der Waals surface area contributed by atoms with Crippen molar-refractivity contribution in [1.82, 2.24) is 0 Å². The predicted molar refractivity (Wildman–Crippen MR) is 232 cm³/mol. The molecule has 0 atom stereocenters. The highest BCUT2D eigenvalue weighted by Crippen LogP contribution is 2.41. The molecule has 6 aromatic carbocycles. The number of likely N-dealkylation sites (N-methyl/N-ethyl adjacent to an activating group) is 2. The van der Waals surface area contributed by atoms with Crippen LogP contribution in [0.5, 0.6) is 34.5 Å². The maximum absolute atomic E-state index is 12.4. The normalized spacial score (nSPS) is 13.3. The second-order valence-electron chi connectivity index (χ2n) is 14.4. The van der Waals surface area contributed by atoms with Crippen LogP contribution in [0, 0.1) is 0 Å². The molecule has 0 bridgehead atoms. The highest BCUT2D eigenvalue weighted by atomic mass is 16.5. The van der Waals surface area contributed by atoms with Crippen molar-refractivity contribution in [3.63, 3.8) is 0 Å². The van der Waals surface area contributed by atoms with Crippen LogP contribution in [0.2, 0.25) is 0 Å². The third kappa shape index (κ3) is 8.26. The maximum atomic E-state index is 12.4. The van der Waals surface area contributed by atoms with Gasteiger partial charge in [-0.1, -0.05) is 18.2 Å². The van der Waals surface area contributed by atoms with E-state index in [4.69, 9.17) is 18.9 Å². The van der Waals surface area contributed by atoms with Crippen LogP contribution < -0.4 is 34.1 Å². The SMILES string of the molecule is CN1C(=O)Cc2cc(O)ccc2-c2ccc(O)cc21.COc1ccc2c(c1)CC(=O)N(C)c1cc(OC)ccc1-2.COc1ccc2c(c1)CC(=O)Nc1cc(OC)ccc1-2. The Labute approximate surface area is 348 Å². The van der Waals surface area contributed by atoms with Crippen LogP contribution in [-0.2, 0) is 33.6 Å². The van der Waals surface area contributed by atoms with E-state index in [1.165, 1.54) is 4.90 Å². The topological polar surface area (TPSA) is 147 Å². The largest absolute Gasteiger partial charge is 0.508 e. The molecule has 0 fully saturated rings. The average molecular weight is 808 g/mol. The van der Waals surface area contributed by atoms with Crippen molar-refractivity contribution in [2.45, 2.75) is 19.3 Å². The van der Waals surface area contributed by atoms with E-state index in [1.807, 2.05) is 72.8 Å². The Kier molecular flexibility index (Phi) is 11.7. The molecule has 9 rings (SSSR count). The molecule has 3 aliphatic heterocycles. The summed E-state index contributed by atoms with van der Waals surface area (Å²) in [6.45, 7) is 0. The highest BCUT2D eigenvalue weighted by Gasteiger charge is 2.26. The molecule has 0 saturated heterocycles. The van der Waals surface area contributed by atoms with E-state index in [2.05, 4.69) is 5.32 Å². The number of rotatable bonds is 4.